The first kappa shape index (κ1) is 13.5. The Morgan fingerprint density at radius 3 is 2.39 bits per heavy atom. The summed E-state index contributed by atoms with van der Waals surface area (Å²) in [5, 5.41) is 0. The van der Waals surface area contributed by atoms with Crippen LogP contribution in [0.25, 0.3) is 0 Å². The third kappa shape index (κ3) is 2.43. The number of ether oxygens (including phenoxy) is 1. The molecule has 100 valence electrons. The first-order chi connectivity index (χ1) is 8.23. The van der Waals surface area contributed by atoms with Gasteiger partial charge in [-0.05, 0) is 40.2 Å². The summed E-state index contributed by atoms with van der Waals surface area (Å²) in [4.78, 5) is 0. The highest BCUT2D eigenvalue weighted by molar-refractivity contribution is 5.23. The zero-order chi connectivity index (χ0) is 13.6. The van der Waals surface area contributed by atoms with Gasteiger partial charge in [-0.25, -0.2) is 4.39 Å². The zero-order valence-electron chi connectivity index (χ0n) is 11.5. The molecule has 18 heavy (non-hydrogen) atoms. The van der Waals surface area contributed by atoms with Crippen LogP contribution in [0.5, 0.6) is 0 Å². The molecule has 1 fully saturated rings. The fraction of sp³-hybridized carbons (Fsp3) is 0.600. The molecule has 0 aromatic heterocycles. The van der Waals surface area contributed by atoms with E-state index < -0.39 is 0 Å². The maximum absolute atomic E-state index is 13.8. The number of nitrogens with two attached hydrogens (primary N) is 1. The first-order valence-electron chi connectivity index (χ1n) is 6.43. The molecular formula is C15H22FNO. The summed E-state index contributed by atoms with van der Waals surface area (Å²) in [5.74, 6) is -0.116. The van der Waals surface area contributed by atoms with Crippen molar-refractivity contribution in [3.05, 3.63) is 35.6 Å². The number of benzene rings is 1. The Kier molecular flexibility index (Phi) is 3.24. The van der Waals surface area contributed by atoms with Crippen molar-refractivity contribution in [1.82, 2.24) is 0 Å². The van der Waals surface area contributed by atoms with E-state index in [1.807, 2.05) is 19.9 Å². The molecule has 0 radical (unpaired) electrons. The van der Waals surface area contributed by atoms with Crippen LogP contribution >= 0.6 is 0 Å². The number of hydrogen-bond donors (Lipinski definition) is 1. The van der Waals surface area contributed by atoms with Crippen molar-refractivity contribution >= 4 is 0 Å². The average Bonchev–Trinajstić information content (AvgIpc) is 2.46. The van der Waals surface area contributed by atoms with Crippen LogP contribution in [-0.2, 0) is 4.74 Å². The molecule has 0 spiro atoms. The van der Waals surface area contributed by atoms with Crippen molar-refractivity contribution in [2.45, 2.75) is 51.4 Å². The SMILES string of the molecule is CC1(C)CC(C(N)c2ccccc2F)C(C)(C)O1. The molecule has 1 saturated heterocycles. The molecule has 1 aliphatic rings. The standard InChI is InChI=1S/C15H22FNO/c1-14(2)9-11(15(3,4)18-14)13(17)10-7-5-6-8-12(10)16/h5-8,11,13H,9,17H2,1-4H3. The van der Waals surface area contributed by atoms with E-state index in [1.165, 1.54) is 6.07 Å². The highest BCUT2D eigenvalue weighted by Gasteiger charge is 2.48. The molecule has 1 aromatic carbocycles. The monoisotopic (exact) mass is 251 g/mol. The predicted molar refractivity (Wildman–Crippen MR) is 70.7 cm³/mol. The first-order valence-corrected chi connectivity index (χ1v) is 6.43. The van der Waals surface area contributed by atoms with E-state index in [4.69, 9.17) is 10.5 Å². The third-order valence-electron chi connectivity index (χ3n) is 3.84. The Hall–Kier alpha value is -0.930. The van der Waals surface area contributed by atoms with Crippen molar-refractivity contribution in [2.24, 2.45) is 11.7 Å². The highest BCUT2D eigenvalue weighted by atomic mass is 19.1. The molecule has 2 nitrogen and oxygen atoms in total. The van der Waals surface area contributed by atoms with Gasteiger partial charge in [-0.1, -0.05) is 18.2 Å². The summed E-state index contributed by atoms with van der Waals surface area (Å²) >= 11 is 0. The molecule has 1 aromatic rings. The molecule has 2 unspecified atom stereocenters. The van der Waals surface area contributed by atoms with Crippen LogP contribution in [0.3, 0.4) is 0 Å². The molecule has 1 heterocycles. The van der Waals surface area contributed by atoms with Crippen molar-refractivity contribution in [2.75, 3.05) is 0 Å². The summed E-state index contributed by atoms with van der Waals surface area (Å²) in [6.45, 7) is 8.19. The second-order valence-corrected chi connectivity index (χ2v) is 6.32. The maximum Gasteiger partial charge on any atom is 0.127 e. The summed E-state index contributed by atoms with van der Waals surface area (Å²) in [6.07, 6.45) is 0.843. The van der Waals surface area contributed by atoms with Crippen LogP contribution in [0.1, 0.15) is 45.7 Å². The van der Waals surface area contributed by atoms with Crippen LogP contribution in [0.4, 0.5) is 4.39 Å². The fourth-order valence-electron chi connectivity index (χ4n) is 3.13. The molecule has 0 aliphatic carbocycles. The normalized spacial score (nSPS) is 27.1. The lowest BCUT2D eigenvalue weighted by Crippen LogP contribution is -2.36. The summed E-state index contributed by atoms with van der Waals surface area (Å²) in [6, 6.07) is 6.41. The second-order valence-electron chi connectivity index (χ2n) is 6.32. The molecule has 2 rings (SSSR count). The quantitative estimate of drug-likeness (QED) is 0.874. The largest absolute Gasteiger partial charge is 0.369 e. The molecule has 1 aliphatic heterocycles. The van der Waals surface area contributed by atoms with E-state index in [-0.39, 0.29) is 29.0 Å². The molecule has 0 bridgehead atoms. The average molecular weight is 251 g/mol. The van der Waals surface area contributed by atoms with Crippen molar-refractivity contribution in [3.63, 3.8) is 0 Å². The van der Waals surface area contributed by atoms with Gasteiger partial charge in [-0.3, -0.25) is 0 Å². The van der Waals surface area contributed by atoms with Gasteiger partial charge in [-0.2, -0.15) is 0 Å². The van der Waals surface area contributed by atoms with E-state index in [2.05, 4.69) is 13.8 Å². The Morgan fingerprint density at radius 2 is 1.89 bits per heavy atom. The van der Waals surface area contributed by atoms with E-state index in [1.54, 1.807) is 12.1 Å². The lowest BCUT2D eigenvalue weighted by atomic mass is 9.79. The van der Waals surface area contributed by atoms with Gasteiger partial charge in [0.2, 0.25) is 0 Å². The zero-order valence-corrected chi connectivity index (χ0v) is 11.5. The van der Waals surface area contributed by atoms with E-state index in [9.17, 15) is 4.39 Å². The predicted octanol–water partition coefficient (Wildman–Crippen LogP) is 3.42. The summed E-state index contributed by atoms with van der Waals surface area (Å²) < 4.78 is 19.8. The van der Waals surface area contributed by atoms with Gasteiger partial charge in [0.15, 0.2) is 0 Å². The van der Waals surface area contributed by atoms with Gasteiger partial charge in [0.25, 0.3) is 0 Å². The minimum atomic E-state index is -0.331. The summed E-state index contributed by atoms with van der Waals surface area (Å²) in [5.41, 5.74) is 6.33. The molecule has 3 heteroatoms. The Bertz CT molecular complexity index is 442. The highest BCUT2D eigenvalue weighted by Crippen LogP contribution is 2.47. The van der Waals surface area contributed by atoms with Crippen molar-refractivity contribution < 1.29 is 9.13 Å². The minimum Gasteiger partial charge on any atom is -0.369 e. The number of rotatable bonds is 2. The van der Waals surface area contributed by atoms with Crippen molar-refractivity contribution in [1.29, 1.82) is 0 Å². The number of hydrogen-bond acceptors (Lipinski definition) is 2. The van der Waals surface area contributed by atoms with Crippen LogP contribution in [0, 0.1) is 11.7 Å². The van der Waals surface area contributed by atoms with Crippen molar-refractivity contribution in [3.8, 4) is 0 Å². The lowest BCUT2D eigenvalue weighted by molar-refractivity contribution is -0.0768. The second kappa shape index (κ2) is 4.32. The maximum atomic E-state index is 13.8. The van der Waals surface area contributed by atoms with Gasteiger partial charge in [0.1, 0.15) is 5.82 Å². The fourth-order valence-corrected chi connectivity index (χ4v) is 3.13. The van der Waals surface area contributed by atoms with Crippen LogP contribution in [-0.4, -0.2) is 11.2 Å². The smallest absolute Gasteiger partial charge is 0.127 e. The Balaban J connectivity index is 2.30. The van der Waals surface area contributed by atoms with Gasteiger partial charge >= 0.3 is 0 Å². The van der Waals surface area contributed by atoms with E-state index >= 15 is 0 Å². The molecule has 0 amide bonds. The Morgan fingerprint density at radius 1 is 1.28 bits per heavy atom. The van der Waals surface area contributed by atoms with Crippen LogP contribution in [0.15, 0.2) is 24.3 Å². The lowest BCUT2D eigenvalue weighted by Gasteiger charge is -2.31. The van der Waals surface area contributed by atoms with Gasteiger partial charge in [-0.15, -0.1) is 0 Å². The van der Waals surface area contributed by atoms with E-state index in [0.717, 1.165) is 6.42 Å². The van der Waals surface area contributed by atoms with Crippen LogP contribution in [0.2, 0.25) is 0 Å². The van der Waals surface area contributed by atoms with E-state index in [0.29, 0.717) is 5.56 Å². The Labute approximate surface area is 108 Å². The number of halogens is 1. The molecule has 2 N–H and O–H groups in total. The molecule has 0 saturated carbocycles. The molecule has 2 atom stereocenters. The van der Waals surface area contributed by atoms with Crippen LogP contribution < -0.4 is 5.73 Å². The van der Waals surface area contributed by atoms with Gasteiger partial charge < -0.3 is 10.5 Å². The van der Waals surface area contributed by atoms with Gasteiger partial charge in [0, 0.05) is 17.5 Å². The molecular weight excluding hydrogens is 229 g/mol. The minimum absolute atomic E-state index is 0.115. The topological polar surface area (TPSA) is 35.2 Å². The third-order valence-corrected chi connectivity index (χ3v) is 3.84. The van der Waals surface area contributed by atoms with Gasteiger partial charge in [0.05, 0.1) is 11.2 Å². The summed E-state index contributed by atoms with van der Waals surface area (Å²) in [7, 11) is 0.